The van der Waals surface area contributed by atoms with E-state index < -0.39 is 5.54 Å². The van der Waals surface area contributed by atoms with E-state index in [0.717, 1.165) is 25.7 Å². The first-order valence-electron chi connectivity index (χ1n) is 7.51. The van der Waals surface area contributed by atoms with Gasteiger partial charge in [-0.25, -0.2) is 0 Å². The van der Waals surface area contributed by atoms with Gasteiger partial charge in [0.15, 0.2) is 0 Å². The minimum absolute atomic E-state index is 0.0508. The van der Waals surface area contributed by atoms with Crippen molar-refractivity contribution in [2.45, 2.75) is 38.1 Å². The summed E-state index contributed by atoms with van der Waals surface area (Å²) < 4.78 is 4.75. The quantitative estimate of drug-likeness (QED) is 0.754. The van der Waals surface area contributed by atoms with Crippen LogP contribution in [-0.4, -0.2) is 49.1 Å². The molecular formula is C15H23N3O3. The highest BCUT2D eigenvalue weighted by Gasteiger charge is 2.43. The maximum absolute atomic E-state index is 12.1. The molecule has 0 unspecified atom stereocenters. The van der Waals surface area contributed by atoms with Crippen molar-refractivity contribution in [1.82, 2.24) is 10.2 Å². The summed E-state index contributed by atoms with van der Waals surface area (Å²) in [6.07, 6.45) is 3.46. The second-order valence-corrected chi connectivity index (χ2v) is 6.21. The van der Waals surface area contributed by atoms with Gasteiger partial charge in [0.05, 0.1) is 25.6 Å². The molecule has 0 radical (unpaired) electrons. The zero-order chi connectivity index (χ0) is 15.5. The van der Waals surface area contributed by atoms with Gasteiger partial charge in [-0.05, 0) is 51.6 Å². The zero-order valence-electron chi connectivity index (χ0n) is 12.7. The molecule has 1 heterocycles. The van der Waals surface area contributed by atoms with Crippen molar-refractivity contribution < 1.29 is 14.3 Å². The number of hydrogen-bond acceptors (Lipinski definition) is 5. The number of methoxy groups -OCH3 is 1. The van der Waals surface area contributed by atoms with Crippen LogP contribution in [0.25, 0.3) is 0 Å². The Morgan fingerprint density at radius 3 is 2.43 bits per heavy atom. The molecule has 1 N–H and O–H groups in total. The third-order valence-corrected chi connectivity index (χ3v) is 4.51. The molecule has 1 amide bonds. The molecule has 6 nitrogen and oxygen atoms in total. The fourth-order valence-corrected chi connectivity index (χ4v) is 2.91. The molecule has 0 aromatic rings. The van der Waals surface area contributed by atoms with Crippen LogP contribution in [-0.2, 0) is 14.3 Å². The lowest BCUT2D eigenvalue weighted by molar-refractivity contribution is -0.147. The van der Waals surface area contributed by atoms with Gasteiger partial charge in [-0.2, -0.15) is 5.26 Å². The summed E-state index contributed by atoms with van der Waals surface area (Å²) in [5, 5.41) is 12.1. The van der Waals surface area contributed by atoms with E-state index in [9.17, 15) is 14.9 Å². The summed E-state index contributed by atoms with van der Waals surface area (Å²) in [5.74, 6) is -0.0333. The van der Waals surface area contributed by atoms with Gasteiger partial charge in [0.25, 0.3) is 0 Å². The smallest absolute Gasteiger partial charge is 0.308 e. The van der Waals surface area contributed by atoms with Crippen molar-refractivity contribution in [2.24, 2.45) is 11.8 Å². The molecule has 0 bridgehead atoms. The number of carbonyl (C=O) groups is 2. The first-order valence-corrected chi connectivity index (χ1v) is 7.51. The number of ether oxygens (including phenoxy) is 1. The van der Waals surface area contributed by atoms with Crippen molar-refractivity contribution in [3.05, 3.63) is 0 Å². The van der Waals surface area contributed by atoms with E-state index in [2.05, 4.69) is 11.4 Å². The van der Waals surface area contributed by atoms with Crippen molar-refractivity contribution in [1.29, 1.82) is 5.26 Å². The Labute approximate surface area is 125 Å². The van der Waals surface area contributed by atoms with Gasteiger partial charge in [-0.15, -0.1) is 0 Å². The Bertz CT molecular complexity index is 448. The summed E-state index contributed by atoms with van der Waals surface area (Å²) in [5.41, 5.74) is -0.735. The third kappa shape index (κ3) is 3.94. The Morgan fingerprint density at radius 1 is 1.33 bits per heavy atom. The van der Waals surface area contributed by atoms with E-state index in [1.807, 2.05) is 4.90 Å². The number of amides is 1. The number of carbonyl (C=O) groups excluding carboxylic acids is 2. The van der Waals surface area contributed by atoms with Crippen LogP contribution in [0, 0.1) is 23.2 Å². The summed E-state index contributed by atoms with van der Waals surface area (Å²) in [4.78, 5) is 25.6. The minimum Gasteiger partial charge on any atom is -0.469 e. The predicted molar refractivity (Wildman–Crippen MR) is 76.1 cm³/mol. The molecule has 2 aliphatic rings. The normalized spacial score (nSPS) is 22.9. The number of piperidine rings is 1. The topological polar surface area (TPSA) is 82.4 Å². The van der Waals surface area contributed by atoms with E-state index in [1.165, 1.54) is 7.11 Å². The van der Waals surface area contributed by atoms with Crippen molar-refractivity contribution in [3.63, 3.8) is 0 Å². The standard InChI is InChI=1S/C15H23N3O3/c1-15(10-16,12-3-4-12)17-13(19)9-18-7-5-11(6-8-18)14(20)21-2/h11-12H,3-9H2,1-2H3,(H,17,19)/t15-/m1/s1. The van der Waals surface area contributed by atoms with E-state index in [-0.39, 0.29) is 30.3 Å². The van der Waals surface area contributed by atoms with Crippen LogP contribution in [0.2, 0.25) is 0 Å². The number of esters is 1. The maximum atomic E-state index is 12.1. The lowest BCUT2D eigenvalue weighted by Crippen LogP contribution is -2.51. The van der Waals surface area contributed by atoms with E-state index >= 15 is 0 Å². The summed E-state index contributed by atoms with van der Waals surface area (Å²) in [7, 11) is 1.41. The average Bonchev–Trinajstić information content (AvgIpc) is 3.32. The van der Waals surface area contributed by atoms with Crippen LogP contribution < -0.4 is 5.32 Å². The molecule has 6 heteroatoms. The van der Waals surface area contributed by atoms with E-state index in [0.29, 0.717) is 13.1 Å². The molecule has 2 fully saturated rings. The van der Waals surface area contributed by atoms with Crippen molar-refractivity contribution in [3.8, 4) is 6.07 Å². The van der Waals surface area contributed by atoms with Crippen molar-refractivity contribution in [2.75, 3.05) is 26.7 Å². The molecule has 21 heavy (non-hydrogen) atoms. The largest absolute Gasteiger partial charge is 0.469 e. The Balaban J connectivity index is 1.77. The number of nitrogens with zero attached hydrogens (tertiary/aromatic N) is 2. The molecule has 0 aromatic heterocycles. The third-order valence-electron chi connectivity index (χ3n) is 4.51. The van der Waals surface area contributed by atoms with Gasteiger partial charge in [0.1, 0.15) is 5.54 Å². The number of nitriles is 1. The molecule has 1 saturated heterocycles. The molecular weight excluding hydrogens is 270 g/mol. The lowest BCUT2D eigenvalue weighted by Gasteiger charge is -2.31. The van der Waals surface area contributed by atoms with Gasteiger partial charge in [-0.3, -0.25) is 14.5 Å². The first kappa shape index (κ1) is 15.8. The van der Waals surface area contributed by atoms with E-state index in [1.54, 1.807) is 6.92 Å². The van der Waals surface area contributed by atoms with E-state index in [4.69, 9.17) is 4.74 Å². The van der Waals surface area contributed by atoms with Crippen LogP contribution >= 0.6 is 0 Å². The highest BCUT2D eigenvalue weighted by molar-refractivity contribution is 5.79. The number of likely N-dealkylation sites (tertiary alicyclic amines) is 1. The van der Waals surface area contributed by atoms with Crippen LogP contribution in [0.3, 0.4) is 0 Å². The van der Waals surface area contributed by atoms with Gasteiger partial charge in [0, 0.05) is 0 Å². The predicted octanol–water partition coefficient (Wildman–Crippen LogP) is 0.680. The average molecular weight is 293 g/mol. The fraction of sp³-hybridized carbons (Fsp3) is 0.800. The Kier molecular flexibility index (Phi) is 4.84. The van der Waals surface area contributed by atoms with Crippen LogP contribution in [0.15, 0.2) is 0 Å². The first-order chi connectivity index (χ1) is 9.98. The summed E-state index contributed by atoms with van der Waals surface area (Å²) >= 11 is 0. The molecule has 2 rings (SSSR count). The molecule has 0 aromatic carbocycles. The number of rotatable bonds is 5. The molecule has 116 valence electrons. The van der Waals surface area contributed by atoms with Crippen molar-refractivity contribution >= 4 is 11.9 Å². The maximum Gasteiger partial charge on any atom is 0.308 e. The Morgan fingerprint density at radius 2 is 1.95 bits per heavy atom. The molecule has 1 aliphatic carbocycles. The fourth-order valence-electron chi connectivity index (χ4n) is 2.91. The monoisotopic (exact) mass is 293 g/mol. The molecule has 1 saturated carbocycles. The molecule has 0 spiro atoms. The van der Waals surface area contributed by atoms with Gasteiger partial charge in [0.2, 0.25) is 5.91 Å². The SMILES string of the molecule is COC(=O)C1CCN(CC(=O)N[C@](C)(C#N)C2CC2)CC1. The number of hydrogen-bond donors (Lipinski definition) is 1. The second-order valence-electron chi connectivity index (χ2n) is 6.21. The highest BCUT2D eigenvalue weighted by Crippen LogP contribution is 2.39. The minimum atomic E-state index is -0.735. The van der Waals surface area contributed by atoms with Gasteiger partial charge in [-0.1, -0.05) is 0 Å². The molecule has 1 aliphatic heterocycles. The second kappa shape index (κ2) is 6.44. The van der Waals surface area contributed by atoms with Crippen LogP contribution in [0.1, 0.15) is 32.6 Å². The van der Waals surface area contributed by atoms with Crippen LogP contribution in [0.5, 0.6) is 0 Å². The van der Waals surface area contributed by atoms with Gasteiger partial charge < -0.3 is 10.1 Å². The highest BCUT2D eigenvalue weighted by atomic mass is 16.5. The summed E-state index contributed by atoms with van der Waals surface area (Å²) in [6.45, 7) is 3.50. The number of nitrogens with one attached hydrogen (secondary N) is 1. The lowest BCUT2D eigenvalue weighted by atomic mass is 9.96. The van der Waals surface area contributed by atoms with Gasteiger partial charge >= 0.3 is 5.97 Å². The summed E-state index contributed by atoms with van der Waals surface area (Å²) in [6, 6.07) is 2.23. The van der Waals surface area contributed by atoms with Crippen LogP contribution in [0.4, 0.5) is 0 Å². The zero-order valence-corrected chi connectivity index (χ0v) is 12.7. The molecule has 1 atom stereocenters. The Hall–Kier alpha value is -1.61.